The molecule has 0 saturated heterocycles. The molecule has 0 aliphatic rings. The molecule has 0 aliphatic heterocycles. The Labute approximate surface area is 188 Å². The van der Waals surface area contributed by atoms with Gasteiger partial charge in [-0.2, -0.15) is 0 Å². The Bertz CT molecular complexity index is 900. The van der Waals surface area contributed by atoms with Crippen LogP contribution in [0.3, 0.4) is 0 Å². The number of methoxy groups -OCH3 is 1. The van der Waals surface area contributed by atoms with Crippen LogP contribution in [0.1, 0.15) is 31.4 Å². The third-order valence-electron chi connectivity index (χ3n) is 4.40. The van der Waals surface area contributed by atoms with Gasteiger partial charge in [0.15, 0.2) is 11.5 Å². The van der Waals surface area contributed by atoms with Crippen LogP contribution in [0.4, 0.5) is 0 Å². The average molecular weight is 445 g/mol. The summed E-state index contributed by atoms with van der Waals surface area (Å²) in [5.74, 6) is 0.709. The minimum absolute atomic E-state index is 0.130. The van der Waals surface area contributed by atoms with Crippen LogP contribution in [-0.2, 0) is 16.1 Å². The summed E-state index contributed by atoms with van der Waals surface area (Å²) in [4.78, 5) is 25.7. The Kier molecular flexibility index (Phi) is 9.91. The van der Waals surface area contributed by atoms with E-state index >= 15 is 0 Å². The number of benzene rings is 2. The predicted molar refractivity (Wildman–Crippen MR) is 123 cm³/mol. The summed E-state index contributed by atoms with van der Waals surface area (Å²) in [5.41, 5.74) is 1.73. The molecule has 0 saturated carbocycles. The number of rotatable bonds is 11. The maximum absolute atomic E-state index is 12.9. The van der Waals surface area contributed by atoms with Crippen molar-refractivity contribution in [3.8, 4) is 11.5 Å². The van der Waals surface area contributed by atoms with E-state index in [9.17, 15) is 9.59 Å². The van der Waals surface area contributed by atoms with Gasteiger partial charge < -0.3 is 19.7 Å². The number of halogens is 1. The van der Waals surface area contributed by atoms with Gasteiger partial charge in [0.25, 0.3) is 0 Å². The topological polar surface area (TPSA) is 67.9 Å². The number of nitrogens with one attached hydrogen (secondary N) is 1. The van der Waals surface area contributed by atoms with Crippen LogP contribution >= 0.6 is 11.6 Å². The smallest absolute Gasteiger partial charge is 0.246 e. The van der Waals surface area contributed by atoms with Gasteiger partial charge in [0.1, 0.15) is 0 Å². The summed E-state index contributed by atoms with van der Waals surface area (Å²) in [6.07, 6.45) is 4.04. The van der Waals surface area contributed by atoms with Crippen molar-refractivity contribution in [3.63, 3.8) is 0 Å². The van der Waals surface area contributed by atoms with Crippen LogP contribution < -0.4 is 14.8 Å². The number of carbonyl (C=O) groups is 2. The van der Waals surface area contributed by atoms with Gasteiger partial charge in [0.2, 0.25) is 11.8 Å². The lowest BCUT2D eigenvalue weighted by molar-refractivity contribution is -0.127. The first-order valence-electron chi connectivity index (χ1n) is 10.2. The van der Waals surface area contributed by atoms with E-state index in [2.05, 4.69) is 5.32 Å². The van der Waals surface area contributed by atoms with Gasteiger partial charge in [-0.3, -0.25) is 9.59 Å². The van der Waals surface area contributed by atoms with E-state index < -0.39 is 0 Å². The number of hydrogen-bond acceptors (Lipinski definition) is 4. The van der Waals surface area contributed by atoms with Crippen molar-refractivity contribution in [2.45, 2.75) is 26.8 Å². The molecular weight excluding hydrogens is 416 g/mol. The lowest BCUT2D eigenvalue weighted by Crippen LogP contribution is -2.36. The van der Waals surface area contributed by atoms with Crippen LogP contribution in [0.15, 0.2) is 48.5 Å². The quantitative estimate of drug-likeness (QED) is 0.524. The molecule has 0 heterocycles. The van der Waals surface area contributed by atoms with Crippen molar-refractivity contribution in [2.24, 2.45) is 0 Å². The fraction of sp³-hybridized carbons (Fsp3) is 0.333. The van der Waals surface area contributed by atoms with Crippen molar-refractivity contribution in [1.82, 2.24) is 10.2 Å². The average Bonchev–Trinajstić information content (AvgIpc) is 2.76. The third-order valence-corrected chi connectivity index (χ3v) is 4.69. The van der Waals surface area contributed by atoms with Gasteiger partial charge in [-0.05, 0) is 35.8 Å². The van der Waals surface area contributed by atoms with Crippen LogP contribution in [0.25, 0.3) is 6.08 Å². The summed E-state index contributed by atoms with van der Waals surface area (Å²) < 4.78 is 11.1. The number of nitrogens with zero attached hydrogens (tertiary/aromatic N) is 1. The molecule has 0 atom stereocenters. The highest BCUT2D eigenvalue weighted by Crippen LogP contribution is 2.36. The Morgan fingerprint density at radius 3 is 2.58 bits per heavy atom. The summed E-state index contributed by atoms with van der Waals surface area (Å²) >= 11 is 6.36. The second kappa shape index (κ2) is 12.6. The maximum atomic E-state index is 12.9. The van der Waals surface area contributed by atoms with E-state index in [-0.39, 0.29) is 11.8 Å². The van der Waals surface area contributed by atoms with Crippen molar-refractivity contribution in [2.75, 3.05) is 26.8 Å². The molecule has 31 heavy (non-hydrogen) atoms. The minimum Gasteiger partial charge on any atom is -0.493 e. The zero-order valence-corrected chi connectivity index (χ0v) is 18.9. The molecule has 2 amide bonds. The fourth-order valence-corrected chi connectivity index (χ4v) is 3.16. The molecular formula is C24H29ClN2O4. The molecule has 0 aliphatic carbocycles. The maximum Gasteiger partial charge on any atom is 0.246 e. The van der Waals surface area contributed by atoms with Crippen molar-refractivity contribution < 1.29 is 19.1 Å². The zero-order valence-electron chi connectivity index (χ0n) is 18.2. The SMILES string of the molecule is CCCOc1c(Cl)cc(C=CC(=O)N(CCNC(C)=O)Cc2ccccc2)cc1OC. The fourth-order valence-electron chi connectivity index (χ4n) is 2.89. The first kappa shape index (κ1) is 24.3. The van der Waals surface area contributed by atoms with Gasteiger partial charge in [-0.25, -0.2) is 0 Å². The van der Waals surface area contributed by atoms with Crippen LogP contribution in [-0.4, -0.2) is 43.5 Å². The van der Waals surface area contributed by atoms with E-state index in [0.29, 0.717) is 42.8 Å². The van der Waals surface area contributed by atoms with Gasteiger partial charge in [-0.15, -0.1) is 0 Å². The molecule has 166 valence electrons. The van der Waals surface area contributed by atoms with Crippen molar-refractivity contribution >= 4 is 29.5 Å². The summed E-state index contributed by atoms with van der Waals surface area (Å²) in [6, 6.07) is 13.2. The molecule has 0 unspecified atom stereocenters. The van der Waals surface area contributed by atoms with Crippen LogP contribution in [0, 0.1) is 0 Å². The molecule has 1 N–H and O–H groups in total. The molecule has 0 bridgehead atoms. The molecule has 0 spiro atoms. The molecule has 6 nitrogen and oxygen atoms in total. The third kappa shape index (κ3) is 7.98. The Morgan fingerprint density at radius 2 is 1.94 bits per heavy atom. The Balaban J connectivity index is 2.16. The molecule has 0 aromatic heterocycles. The molecule has 2 aromatic rings. The van der Waals surface area contributed by atoms with E-state index in [4.69, 9.17) is 21.1 Å². The predicted octanol–water partition coefficient (Wildman–Crippen LogP) is 4.32. The highest BCUT2D eigenvalue weighted by Gasteiger charge is 2.13. The van der Waals surface area contributed by atoms with Gasteiger partial charge in [0, 0.05) is 32.6 Å². The van der Waals surface area contributed by atoms with E-state index in [1.54, 1.807) is 30.2 Å². The number of hydrogen-bond donors (Lipinski definition) is 1. The minimum atomic E-state index is -0.171. The zero-order chi connectivity index (χ0) is 22.6. The number of amides is 2. The second-order valence-corrected chi connectivity index (χ2v) is 7.35. The Morgan fingerprint density at radius 1 is 1.19 bits per heavy atom. The van der Waals surface area contributed by atoms with Gasteiger partial charge in [-0.1, -0.05) is 48.9 Å². The first-order chi connectivity index (χ1) is 14.9. The largest absolute Gasteiger partial charge is 0.493 e. The van der Waals surface area contributed by atoms with E-state index in [1.807, 2.05) is 37.3 Å². The van der Waals surface area contributed by atoms with Crippen LogP contribution in [0.5, 0.6) is 11.5 Å². The normalized spacial score (nSPS) is 10.7. The van der Waals surface area contributed by atoms with Crippen molar-refractivity contribution in [1.29, 1.82) is 0 Å². The summed E-state index contributed by atoms with van der Waals surface area (Å²) in [6.45, 7) is 5.21. The molecule has 0 fully saturated rings. The monoisotopic (exact) mass is 444 g/mol. The molecule has 0 radical (unpaired) electrons. The molecule has 2 rings (SSSR count). The lowest BCUT2D eigenvalue weighted by Gasteiger charge is -2.21. The molecule has 2 aromatic carbocycles. The van der Waals surface area contributed by atoms with E-state index in [1.165, 1.54) is 13.0 Å². The van der Waals surface area contributed by atoms with Gasteiger partial charge in [0.05, 0.1) is 18.7 Å². The summed E-state index contributed by atoms with van der Waals surface area (Å²) in [5, 5.41) is 3.15. The van der Waals surface area contributed by atoms with E-state index in [0.717, 1.165) is 17.5 Å². The lowest BCUT2D eigenvalue weighted by atomic mass is 10.1. The summed E-state index contributed by atoms with van der Waals surface area (Å²) in [7, 11) is 1.55. The van der Waals surface area contributed by atoms with Crippen molar-refractivity contribution in [3.05, 3.63) is 64.7 Å². The van der Waals surface area contributed by atoms with Gasteiger partial charge >= 0.3 is 0 Å². The molecule has 7 heteroatoms. The standard InChI is InChI=1S/C24H29ClN2O4/c1-4-14-31-24-21(25)15-20(16-22(24)30-3)10-11-23(29)27(13-12-26-18(2)28)17-19-8-6-5-7-9-19/h5-11,15-16H,4,12-14,17H2,1-3H3,(H,26,28). The van der Waals surface area contributed by atoms with Crippen LogP contribution in [0.2, 0.25) is 5.02 Å². The highest BCUT2D eigenvalue weighted by molar-refractivity contribution is 6.32. The Hall–Kier alpha value is -2.99. The number of carbonyl (C=O) groups excluding carboxylic acids is 2. The number of ether oxygens (including phenoxy) is 2. The first-order valence-corrected chi connectivity index (χ1v) is 10.6. The second-order valence-electron chi connectivity index (χ2n) is 6.94. The highest BCUT2D eigenvalue weighted by atomic mass is 35.5.